The maximum absolute atomic E-state index is 11.6. The van der Waals surface area contributed by atoms with Gasteiger partial charge in [-0.3, -0.25) is 4.79 Å². The van der Waals surface area contributed by atoms with Gasteiger partial charge in [0.05, 0.1) is 19.0 Å². The highest BCUT2D eigenvalue weighted by molar-refractivity contribution is 14.0. The number of aromatic nitrogens is 2. The molecule has 3 heterocycles. The summed E-state index contributed by atoms with van der Waals surface area (Å²) in [5.74, 6) is 1.27. The van der Waals surface area contributed by atoms with Gasteiger partial charge in [0.15, 0.2) is 5.96 Å². The molecule has 0 aromatic carbocycles. The van der Waals surface area contributed by atoms with E-state index in [1.807, 2.05) is 32.2 Å². The number of anilines is 1. The smallest absolute Gasteiger partial charge is 0.222 e. The number of hydrogen-bond donors (Lipinski definition) is 3. The SMILES string of the molecule is CCNC(=NCc1cccnc1N1CCCC(C(N)=O)C1)NCc1ncc(C)s1.I. The zero-order valence-electron chi connectivity index (χ0n) is 17.4. The van der Waals surface area contributed by atoms with E-state index in [0.29, 0.717) is 19.6 Å². The van der Waals surface area contributed by atoms with Gasteiger partial charge < -0.3 is 21.3 Å². The molecule has 164 valence electrons. The molecule has 10 heteroatoms. The van der Waals surface area contributed by atoms with Crippen molar-refractivity contribution in [2.75, 3.05) is 24.5 Å². The number of amides is 1. The number of thiazole rings is 1. The molecular weight excluding hydrogens is 513 g/mol. The summed E-state index contributed by atoms with van der Waals surface area (Å²) in [7, 11) is 0. The summed E-state index contributed by atoms with van der Waals surface area (Å²) in [4.78, 5) is 28.7. The molecule has 1 amide bonds. The van der Waals surface area contributed by atoms with E-state index >= 15 is 0 Å². The van der Waals surface area contributed by atoms with Crippen LogP contribution in [0.5, 0.6) is 0 Å². The van der Waals surface area contributed by atoms with Crippen LogP contribution in [0.25, 0.3) is 0 Å². The maximum Gasteiger partial charge on any atom is 0.222 e. The number of halogens is 1. The van der Waals surface area contributed by atoms with Gasteiger partial charge in [-0.15, -0.1) is 35.3 Å². The van der Waals surface area contributed by atoms with Crippen LogP contribution in [0.4, 0.5) is 5.82 Å². The van der Waals surface area contributed by atoms with E-state index < -0.39 is 0 Å². The van der Waals surface area contributed by atoms with Crippen LogP contribution < -0.4 is 21.3 Å². The zero-order valence-corrected chi connectivity index (χ0v) is 20.6. The van der Waals surface area contributed by atoms with Crippen LogP contribution >= 0.6 is 35.3 Å². The van der Waals surface area contributed by atoms with Crippen molar-refractivity contribution in [3.63, 3.8) is 0 Å². The Morgan fingerprint density at radius 1 is 1.40 bits per heavy atom. The molecule has 1 saturated heterocycles. The van der Waals surface area contributed by atoms with E-state index in [9.17, 15) is 4.79 Å². The first-order valence-corrected chi connectivity index (χ1v) is 10.8. The summed E-state index contributed by atoms with van der Waals surface area (Å²) in [5.41, 5.74) is 6.56. The molecule has 4 N–H and O–H groups in total. The largest absolute Gasteiger partial charge is 0.369 e. The number of nitrogens with one attached hydrogen (secondary N) is 2. The molecule has 0 spiro atoms. The number of hydrogen-bond acceptors (Lipinski definition) is 6. The summed E-state index contributed by atoms with van der Waals surface area (Å²) in [6.45, 7) is 7.48. The highest BCUT2D eigenvalue weighted by Gasteiger charge is 2.25. The first-order valence-electron chi connectivity index (χ1n) is 9.98. The van der Waals surface area contributed by atoms with Crippen LogP contribution in [0.2, 0.25) is 0 Å². The Labute approximate surface area is 198 Å². The van der Waals surface area contributed by atoms with Crippen LogP contribution in [-0.2, 0) is 17.9 Å². The lowest BCUT2D eigenvalue weighted by Crippen LogP contribution is -2.42. The molecule has 1 fully saturated rings. The summed E-state index contributed by atoms with van der Waals surface area (Å²) in [5, 5.41) is 7.63. The number of aryl methyl sites for hydroxylation is 1. The fourth-order valence-corrected chi connectivity index (χ4v) is 4.12. The Morgan fingerprint density at radius 3 is 2.93 bits per heavy atom. The molecule has 0 aliphatic carbocycles. The Bertz CT molecular complexity index is 857. The second kappa shape index (κ2) is 12.0. The standard InChI is InChI=1S/C20H29N7OS.HI/c1-3-22-20(26-12-17-24-10-14(2)29-17)25-11-15-6-4-8-23-19(15)27-9-5-7-16(13-27)18(21)28;/h4,6,8,10,16H,3,5,7,9,11-13H2,1-2H3,(H2,21,28)(H2,22,25,26);1H. The summed E-state index contributed by atoms with van der Waals surface area (Å²) < 4.78 is 0. The number of pyridine rings is 1. The fourth-order valence-electron chi connectivity index (χ4n) is 3.39. The van der Waals surface area contributed by atoms with Crippen molar-refractivity contribution >= 4 is 53.0 Å². The van der Waals surface area contributed by atoms with Gasteiger partial charge in [0.2, 0.25) is 5.91 Å². The fraction of sp³-hybridized carbons (Fsp3) is 0.500. The third kappa shape index (κ3) is 6.79. The van der Waals surface area contributed by atoms with Gasteiger partial charge in [-0.1, -0.05) is 6.07 Å². The normalized spacial score (nSPS) is 16.7. The second-order valence-electron chi connectivity index (χ2n) is 7.09. The third-order valence-corrected chi connectivity index (χ3v) is 5.73. The Balaban J connectivity index is 0.00000320. The van der Waals surface area contributed by atoms with E-state index in [4.69, 9.17) is 10.7 Å². The molecule has 8 nitrogen and oxygen atoms in total. The van der Waals surface area contributed by atoms with Crippen molar-refractivity contribution in [2.24, 2.45) is 16.6 Å². The van der Waals surface area contributed by atoms with Gasteiger partial charge in [-0.25, -0.2) is 15.0 Å². The minimum absolute atomic E-state index is 0. The van der Waals surface area contributed by atoms with Crippen molar-refractivity contribution in [2.45, 2.75) is 39.8 Å². The number of rotatable bonds is 7. The number of guanidine groups is 1. The molecule has 2 aromatic rings. The number of primary amides is 1. The molecule has 1 aliphatic rings. The molecule has 1 unspecified atom stereocenters. The van der Waals surface area contributed by atoms with Crippen molar-refractivity contribution in [3.05, 3.63) is 40.0 Å². The van der Waals surface area contributed by atoms with Gasteiger partial charge in [-0.2, -0.15) is 0 Å². The van der Waals surface area contributed by atoms with Crippen LogP contribution in [0.3, 0.4) is 0 Å². The van der Waals surface area contributed by atoms with Gasteiger partial charge in [0.1, 0.15) is 10.8 Å². The molecule has 0 saturated carbocycles. The van der Waals surface area contributed by atoms with Gasteiger partial charge in [-0.05, 0) is 32.8 Å². The Morgan fingerprint density at radius 2 is 2.23 bits per heavy atom. The molecule has 30 heavy (non-hydrogen) atoms. The van der Waals surface area contributed by atoms with Crippen molar-refractivity contribution in [1.82, 2.24) is 20.6 Å². The number of nitrogens with two attached hydrogens (primary N) is 1. The number of piperidine rings is 1. The molecule has 0 bridgehead atoms. The topological polar surface area (TPSA) is 109 Å². The Kier molecular flexibility index (Phi) is 9.76. The zero-order chi connectivity index (χ0) is 20.6. The highest BCUT2D eigenvalue weighted by Crippen LogP contribution is 2.25. The van der Waals surface area contributed by atoms with E-state index in [0.717, 1.165) is 48.3 Å². The van der Waals surface area contributed by atoms with Crippen LogP contribution in [0, 0.1) is 12.8 Å². The van der Waals surface area contributed by atoms with Gasteiger partial charge in [0.25, 0.3) is 0 Å². The van der Waals surface area contributed by atoms with E-state index in [1.54, 1.807) is 17.5 Å². The van der Waals surface area contributed by atoms with E-state index in [-0.39, 0.29) is 35.8 Å². The molecule has 0 radical (unpaired) electrons. The van der Waals surface area contributed by atoms with Gasteiger partial charge in [0, 0.05) is 42.5 Å². The lowest BCUT2D eigenvalue weighted by atomic mass is 9.97. The maximum atomic E-state index is 11.6. The minimum atomic E-state index is -0.235. The van der Waals surface area contributed by atoms with Gasteiger partial charge >= 0.3 is 0 Å². The summed E-state index contributed by atoms with van der Waals surface area (Å²) in [6.07, 6.45) is 5.44. The molecular formula is C20H30IN7OS. The molecule has 1 aliphatic heterocycles. The van der Waals surface area contributed by atoms with Crippen LogP contribution in [0.1, 0.15) is 35.2 Å². The van der Waals surface area contributed by atoms with Crippen molar-refractivity contribution in [3.8, 4) is 0 Å². The molecule has 2 aromatic heterocycles. The first kappa shape index (κ1) is 24.3. The lowest BCUT2D eigenvalue weighted by molar-refractivity contribution is -0.122. The van der Waals surface area contributed by atoms with Crippen LogP contribution in [0.15, 0.2) is 29.5 Å². The van der Waals surface area contributed by atoms with Crippen LogP contribution in [-0.4, -0.2) is 41.5 Å². The molecule has 3 rings (SSSR count). The van der Waals surface area contributed by atoms with Crippen molar-refractivity contribution < 1.29 is 4.79 Å². The average molecular weight is 543 g/mol. The third-order valence-electron chi connectivity index (χ3n) is 4.82. The number of nitrogens with zero attached hydrogens (tertiary/aromatic N) is 4. The predicted molar refractivity (Wildman–Crippen MR) is 132 cm³/mol. The highest BCUT2D eigenvalue weighted by atomic mass is 127. The number of aliphatic imine (C=N–C) groups is 1. The average Bonchev–Trinajstić information content (AvgIpc) is 3.15. The first-order chi connectivity index (χ1) is 14.1. The monoisotopic (exact) mass is 543 g/mol. The lowest BCUT2D eigenvalue weighted by Gasteiger charge is -2.33. The van der Waals surface area contributed by atoms with E-state index in [1.165, 1.54) is 4.88 Å². The number of carbonyl (C=O) groups is 1. The van der Waals surface area contributed by atoms with E-state index in [2.05, 4.69) is 25.5 Å². The quantitative estimate of drug-likeness (QED) is 0.281. The number of carbonyl (C=O) groups excluding carboxylic acids is 1. The van der Waals surface area contributed by atoms with Crippen molar-refractivity contribution in [1.29, 1.82) is 0 Å². The Hall–Kier alpha value is -1.95. The second-order valence-corrected chi connectivity index (χ2v) is 8.41. The minimum Gasteiger partial charge on any atom is -0.369 e. The molecule has 1 atom stereocenters. The summed E-state index contributed by atoms with van der Waals surface area (Å²) >= 11 is 1.68. The predicted octanol–water partition coefficient (Wildman–Crippen LogP) is 2.42. The summed E-state index contributed by atoms with van der Waals surface area (Å²) in [6, 6.07) is 3.95.